The molecule has 1 aromatic heterocycles. The van der Waals surface area contributed by atoms with Gasteiger partial charge in [-0.2, -0.15) is 4.98 Å². The SMILES string of the molecule is CNc1nc(C)cc(Oc2ccc([N+](=O)[O-])cc2)n1. The summed E-state index contributed by atoms with van der Waals surface area (Å²) in [5.74, 6) is 1.31. The number of non-ortho nitro benzene ring substituents is 1. The van der Waals surface area contributed by atoms with E-state index in [0.717, 1.165) is 5.69 Å². The fourth-order valence-electron chi connectivity index (χ4n) is 1.46. The van der Waals surface area contributed by atoms with Crippen LogP contribution in [0.5, 0.6) is 11.6 Å². The highest BCUT2D eigenvalue weighted by Crippen LogP contribution is 2.23. The Morgan fingerprint density at radius 2 is 1.95 bits per heavy atom. The number of nitrogens with zero attached hydrogens (tertiary/aromatic N) is 3. The smallest absolute Gasteiger partial charge is 0.269 e. The van der Waals surface area contributed by atoms with E-state index in [4.69, 9.17) is 4.74 Å². The summed E-state index contributed by atoms with van der Waals surface area (Å²) in [6, 6.07) is 7.48. The zero-order chi connectivity index (χ0) is 13.8. The van der Waals surface area contributed by atoms with Crippen molar-refractivity contribution in [3.8, 4) is 11.6 Å². The van der Waals surface area contributed by atoms with Crippen LogP contribution in [0.1, 0.15) is 5.69 Å². The molecule has 0 amide bonds. The maximum Gasteiger partial charge on any atom is 0.269 e. The molecule has 7 heteroatoms. The Kier molecular flexibility index (Phi) is 3.56. The van der Waals surface area contributed by atoms with Crippen LogP contribution in [-0.2, 0) is 0 Å². The Bertz CT molecular complexity index is 598. The Balaban J connectivity index is 2.21. The number of hydrogen-bond donors (Lipinski definition) is 1. The van der Waals surface area contributed by atoms with E-state index < -0.39 is 4.92 Å². The predicted molar refractivity (Wildman–Crippen MR) is 69.5 cm³/mol. The van der Waals surface area contributed by atoms with Gasteiger partial charge < -0.3 is 10.1 Å². The van der Waals surface area contributed by atoms with Crippen LogP contribution in [0.15, 0.2) is 30.3 Å². The minimum atomic E-state index is -0.461. The zero-order valence-electron chi connectivity index (χ0n) is 10.5. The maximum atomic E-state index is 10.5. The predicted octanol–water partition coefficient (Wildman–Crippen LogP) is 2.53. The van der Waals surface area contributed by atoms with Crippen LogP contribution in [0, 0.1) is 17.0 Å². The van der Waals surface area contributed by atoms with E-state index in [9.17, 15) is 10.1 Å². The normalized spacial score (nSPS) is 10.0. The second kappa shape index (κ2) is 5.30. The van der Waals surface area contributed by atoms with Gasteiger partial charge in [0.1, 0.15) is 5.75 Å². The molecule has 1 heterocycles. The molecule has 0 atom stereocenters. The topological polar surface area (TPSA) is 90.2 Å². The molecule has 98 valence electrons. The van der Waals surface area contributed by atoms with Gasteiger partial charge in [0.15, 0.2) is 0 Å². The van der Waals surface area contributed by atoms with Gasteiger partial charge in [-0.3, -0.25) is 10.1 Å². The highest BCUT2D eigenvalue weighted by Gasteiger charge is 2.07. The van der Waals surface area contributed by atoms with Crippen LogP contribution in [-0.4, -0.2) is 21.9 Å². The van der Waals surface area contributed by atoms with Crippen LogP contribution < -0.4 is 10.1 Å². The molecule has 0 aliphatic rings. The average Bonchev–Trinajstić information content (AvgIpc) is 2.38. The Morgan fingerprint density at radius 1 is 1.26 bits per heavy atom. The van der Waals surface area contributed by atoms with Crippen molar-refractivity contribution in [3.05, 3.63) is 46.1 Å². The van der Waals surface area contributed by atoms with E-state index in [1.165, 1.54) is 24.3 Å². The maximum absolute atomic E-state index is 10.5. The Hall–Kier alpha value is -2.70. The van der Waals surface area contributed by atoms with Crippen molar-refractivity contribution in [1.82, 2.24) is 9.97 Å². The van der Waals surface area contributed by atoms with Gasteiger partial charge in [0.2, 0.25) is 11.8 Å². The first-order valence-electron chi connectivity index (χ1n) is 5.54. The van der Waals surface area contributed by atoms with Crippen molar-refractivity contribution < 1.29 is 9.66 Å². The third-order valence-corrected chi connectivity index (χ3v) is 2.32. The van der Waals surface area contributed by atoms with Gasteiger partial charge in [0.05, 0.1) is 4.92 Å². The number of aryl methyl sites for hydroxylation is 1. The van der Waals surface area contributed by atoms with Crippen molar-refractivity contribution >= 4 is 11.6 Å². The summed E-state index contributed by atoms with van der Waals surface area (Å²) in [6.07, 6.45) is 0. The first-order valence-corrected chi connectivity index (χ1v) is 5.54. The van der Waals surface area contributed by atoms with Crippen LogP contribution in [0.25, 0.3) is 0 Å². The average molecular weight is 260 g/mol. The molecule has 1 N–H and O–H groups in total. The first kappa shape index (κ1) is 12.7. The lowest BCUT2D eigenvalue weighted by Crippen LogP contribution is -1.99. The fourth-order valence-corrected chi connectivity index (χ4v) is 1.46. The van der Waals surface area contributed by atoms with Crippen molar-refractivity contribution in [3.63, 3.8) is 0 Å². The molecule has 0 bridgehead atoms. The van der Waals surface area contributed by atoms with Gasteiger partial charge in [-0.05, 0) is 19.1 Å². The summed E-state index contributed by atoms with van der Waals surface area (Å²) >= 11 is 0. The van der Waals surface area contributed by atoms with Crippen molar-refractivity contribution in [2.24, 2.45) is 0 Å². The number of hydrogen-bond acceptors (Lipinski definition) is 6. The molecule has 0 radical (unpaired) electrons. The van der Waals surface area contributed by atoms with Gasteiger partial charge in [0.25, 0.3) is 5.69 Å². The number of nitro groups is 1. The van der Waals surface area contributed by atoms with Crippen LogP contribution in [0.2, 0.25) is 0 Å². The van der Waals surface area contributed by atoms with E-state index in [0.29, 0.717) is 17.6 Å². The lowest BCUT2D eigenvalue weighted by atomic mass is 10.3. The van der Waals surface area contributed by atoms with Crippen LogP contribution in [0.3, 0.4) is 0 Å². The summed E-state index contributed by atoms with van der Waals surface area (Å²) < 4.78 is 5.52. The molecule has 7 nitrogen and oxygen atoms in total. The fraction of sp³-hybridized carbons (Fsp3) is 0.167. The molecule has 0 aliphatic heterocycles. The van der Waals surface area contributed by atoms with E-state index >= 15 is 0 Å². The molecule has 2 rings (SSSR count). The first-order chi connectivity index (χ1) is 9.08. The van der Waals surface area contributed by atoms with Crippen molar-refractivity contribution in [1.29, 1.82) is 0 Å². The third-order valence-electron chi connectivity index (χ3n) is 2.32. The minimum absolute atomic E-state index is 0.0159. The quantitative estimate of drug-likeness (QED) is 0.671. The monoisotopic (exact) mass is 260 g/mol. The largest absolute Gasteiger partial charge is 0.439 e. The lowest BCUT2D eigenvalue weighted by molar-refractivity contribution is -0.384. The number of nitrogens with one attached hydrogen (secondary N) is 1. The molecule has 0 spiro atoms. The molecule has 0 aliphatic carbocycles. The number of aromatic nitrogens is 2. The lowest BCUT2D eigenvalue weighted by Gasteiger charge is -2.07. The Labute approximate surface area is 109 Å². The van der Waals surface area contributed by atoms with E-state index in [2.05, 4.69) is 15.3 Å². The van der Waals surface area contributed by atoms with Gasteiger partial charge in [-0.25, -0.2) is 4.98 Å². The summed E-state index contributed by atoms with van der Waals surface area (Å²) in [4.78, 5) is 18.3. The number of anilines is 1. The molecule has 0 unspecified atom stereocenters. The standard InChI is InChI=1S/C12H12N4O3/c1-8-7-11(15-12(13-2)14-8)19-10-5-3-9(4-6-10)16(17)18/h3-7H,1-2H3,(H,13,14,15). The van der Waals surface area contributed by atoms with E-state index in [1.54, 1.807) is 13.1 Å². The van der Waals surface area contributed by atoms with Gasteiger partial charge in [-0.15, -0.1) is 0 Å². The van der Waals surface area contributed by atoms with E-state index in [-0.39, 0.29) is 5.69 Å². The third kappa shape index (κ3) is 3.15. The number of nitro benzene ring substituents is 1. The van der Waals surface area contributed by atoms with Gasteiger partial charge >= 0.3 is 0 Å². The zero-order valence-corrected chi connectivity index (χ0v) is 10.5. The number of ether oxygens (including phenoxy) is 1. The summed E-state index contributed by atoms with van der Waals surface area (Å²) in [6.45, 7) is 1.82. The minimum Gasteiger partial charge on any atom is -0.439 e. The highest BCUT2D eigenvalue weighted by atomic mass is 16.6. The summed E-state index contributed by atoms with van der Waals surface area (Å²) in [5, 5.41) is 13.4. The molecule has 0 saturated heterocycles. The van der Waals surface area contributed by atoms with Crippen LogP contribution in [0.4, 0.5) is 11.6 Å². The highest BCUT2D eigenvalue weighted by molar-refractivity contribution is 5.38. The second-order valence-electron chi connectivity index (χ2n) is 3.77. The molecule has 0 fully saturated rings. The number of rotatable bonds is 4. The molecular formula is C12H12N4O3. The second-order valence-corrected chi connectivity index (χ2v) is 3.77. The molecule has 19 heavy (non-hydrogen) atoms. The van der Waals surface area contributed by atoms with Crippen molar-refractivity contribution in [2.75, 3.05) is 12.4 Å². The van der Waals surface area contributed by atoms with Gasteiger partial charge in [-0.1, -0.05) is 0 Å². The summed E-state index contributed by atoms with van der Waals surface area (Å²) in [5.41, 5.74) is 0.776. The molecular weight excluding hydrogens is 248 g/mol. The van der Waals surface area contributed by atoms with Crippen LogP contribution >= 0.6 is 0 Å². The molecule has 2 aromatic rings. The van der Waals surface area contributed by atoms with Gasteiger partial charge in [0, 0.05) is 30.9 Å². The number of benzene rings is 1. The van der Waals surface area contributed by atoms with Crippen molar-refractivity contribution in [2.45, 2.75) is 6.92 Å². The molecule has 1 aromatic carbocycles. The molecule has 0 saturated carbocycles. The summed E-state index contributed by atoms with van der Waals surface area (Å²) in [7, 11) is 1.71. The van der Waals surface area contributed by atoms with E-state index in [1.807, 2.05) is 6.92 Å². The Morgan fingerprint density at radius 3 is 2.53 bits per heavy atom.